The minimum atomic E-state index is 0. The van der Waals surface area contributed by atoms with Gasteiger partial charge < -0.3 is 15.2 Å². The zero-order valence-corrected chi connectivity index (χ0v) is 17.4. The molecule has 0 amide bonds. The fourth-order valence-electron chi connectivity index (χ4n) is 2.00. The van der Waals surface area contributed by atoms with E-state index in [4.69, 9.17) is 4.52 Å². The molecule has 7 heteroatoms. The Morgan fingerprint density at radius 3 is 2.39 bits per heavy atom. The third-order valence-electron chi connectivity index (χ3n) is 3.36. The maximum atomic E-state index is 5.22. The summed E-state index contributed by atoms with van der Waals surface area (Å²) in [6.07, 6.45) is 4.40. The zero-order chi connectivity index (χ0) is 16.4. The molecule has 0 aliphatic rings. The van der Waals surface area contributed by atoms with Crippen molar-refractivity contribution in [3.8, 4) is 0 Å². The van der Waals surface area contributed by atoms with Crippen LogP contribution in [-0.4, -0.2) is 36.2 Å². The number of aromatic nitrogens is 2. The Morgan fingerprint density at radius 1 is 1.13 bits per heavy atom. The average molecular weight is 437 g/mol. The van der Waals surface area contributed by atoms with Crippen LogP contribution in [0.5, 0.6) is 0 Å². The molecule has 1 aromatic heterocycles. The van der Waals surface area contributed by atoms with Crippen LogP contribution in [0.25, 0.3) is 0 Å². The Bertz CT molecular complexity index is 445. The Kier molecular flexibility index (Phi) is 12.1. The Labute approximate surface area is 157 Å². The molecule has 0 aliphatic heterocycles. The summed E-state index contributed by atoms with van der Waals surface area (Å²) < 4.78 is 5.22. The molecule has 1 heterocycles. The SMILES string of the molecule is CN=C(NCCCCC(C)C)NCCc1nc(C(C)C)no1.I. The van der Waals surface area contributed by atoms with Gasteiger partial charge in [-0.15, -0.1) is 24.0 Å². The molecule has 0 unspecified atom stereocenters. The maximum absolute atomic E-state index is 5.22. The van der Waals surface area contributed by atoms with Gasteiger partial charge in [0, 0.05) is 32.5 Å². The smallest absolute Gasteiger partial charge is 0.228 e. The number of rotatable bonds is 9. The van der Waals surface area contributed by atoms with Gasteiger partial charge in [0.25, 0.3) is 0 Å². The number of hydrogen-bond donors (Lipinski definition) is 2. The van der Waals surface area contributed by atoms with Gasteiger partial charge in [0.2, 0.25) is 5.89 Å². The molecule has 134 valence electrons. The number of guanidine groups is 1. The van der Waals surface area contributed by atoms with Crippen molar-refractivity contribution < 1.29 is 4.52 Å². The molecule has 1 aromatic rings. The molecule has 0 aromatic carbocycles. The largest absolute Gasteiger partial charge is 0.356 e. The number of nitrogens with one attached hydrogen (secondary N) is 2. The summed E-state index contributed by atoms with van der Waals surface area (Å²) in [6, 6.07) is 0. The zero-order valence-electron chi connectivity index (χ0n) is 15.1. The fourth-order valence-corrected chi connectivity index (χ4v) is 2.00. The standard InChI is InChI=1S/C16H31N5O.HI/c1-12(2)8-6-7-10-18-16(17-5)19-11-9-14-20-15(13(3)4)21-22-14;/h12-13H,6-11H2,1-5H3,(H2,17,18,19);1H. The lowest BCUT2D eigenvalue weighted by atomic mass is 10.1. The molecule has 0 fully saturated rings. The Balaban J connectivity index is 0.00000484. The molecule has 0 saturated carbocycles. The van der Waals surface area contributed by atoms with Gasteiger partial charge in [0.05, 0.1) is 0 Å². The third kappa shape index (κ3) is 9.78. The van der Waals surface area contributed by atoms with Gasteiger partial charge in [0.1, 0.15) is 0 Å². The van der Waals surface area contributed by atoms with E-state index in [-0.39, 0.29) is 24.0 Å². The monoisotopic (exact) mass is 437 g/mol. The van der Waals surface area contributed by atoms with E-state index < -0.39 is 0 Å². The fraction of sp³-hybridized carbons (Fsp3) is 0.812. The van der Waals surface area contributed by atoms with E-state index in [0.29, 0.717) is 18.2 Å². The Morgan fingerprint density at radius 2 is 1.83 bits per heavy atom. The maximum Gasteiger partial charge on any atom is 0.228 e. The van der Waals surface area contributed by atoms with Crippen LogP contribution < -0.4 is 10.6 Å². The van der Waals surface area contributed by atoms with Crippen molar-refractivity contribution >= 4 is 29.9 Å². The lowest BCUT2D eigenvalue weighted by Crippen LogP contribution is -2.38. The number of unbranched alkanes of at least 4 members (excludes halogenated alkanes) is 1. The lowest BCUT2D eigenvalue weighted by molar-refractivity contribution is 0.371. The molecular formula is C16H32IN5O. The van der Waals surface area contributed by atoms with E-state index >= 15 is 0 Å². The average Bonchev–Trinajstić information content (AvgIpc) is 2.93. The quantitative estimate of drug-likeness (QED) is 0.268. The van der Waals surface area contributed by atoms with E-state index in [1.165, 1.54) is 19.3 Å². The first-order chi connectivity index (χ1) is 10.5. The summed E-state index contributed by atoms with van der Waals surface area (Å²) >= 11 is 0. The summed E-state index contributed by atoms with van der Waals surface area (Å²) in [4.78, 5) is 8.57. The highest BCUT2D eigenvalue weighted by atomic mass is 127. The molecule has 0 aliphatic carbocycles. The molecule has 0 radical (unpaired) electrons. The predicted molar refractivity (Wildman–Crippen MR) is 106 cm³/mol. The molecule has 2 N–H and O–H groups in total. The first-order valence-electron chi connectivity index (χ1n) is 8.30. The Hall–Kier alpha value is -0.860. The van der Waals surface area contributed by atoms with Crippen LogP contribution in [0.3, 0.4) is 0 Å². The van der Waals surface area contributed by atoms with Crippen molar-refractivity contribution in [2.75, 3.05) is 20.1 Å². The minimum absolute atomic E-state index is 0. The van der Waals surface area contributed by atoms with Gasteiger partial charge >= 0.3 is 0 Å². The van der Waals surface area contributed by atoms with Gasteiger partial charge in [0.15, 0.2) is 11.8 Å². The van der Waals surface area contributed by atoms with Crippen LogP contribution >= 0.6 is 24.0 Å². The van der Waals surface area contributed by atoms with E-state index in [1.807, 2.05) is 0 Å². The number of aliphatic imine (C=N–C) groups is 1. The topological polar surface area (TPSA) is 75.3 Å². The normalized spacial score (nSPS) is 11.7. The van der Waals surface area contributed by atoms with Crippen LogP contribution in [0.1, 0.15) is 64.6 Å². The summed E-state index contributed by atoms with van der Waals surface area (Å²) in [5.41, 5.74) is 0. The van der Waals surface area contributed by atoms with E-state index in [0.717, 1.165) is 30.8 Å². The van der Waals surface area contributed by atoms with Crippen LogP contribution in [0, 0.1) is 5.92 Å². The second-order valence-electron chi connectivity index (χ2n) is 6.27. The highest BCUT2D eigenvalue weighted by Gasteiger charge is 2.09. The van der Waals surface area contributed by atoms with E-state index in [2.05, 4.69) is 53.5 Å². The van der Waals surface area contributed by atoms with Crippen molar-refractivity contribution in [1.29, 1.82) is 0 Å². The summed E-state index contributed by atoms with van der Waals surface area (Å²) in [7, 11) is 1.78. The molecule has 23 heavy (non-hydrogen) atoms. The minimum Gasteiger partial charge on any atom is -0.356 e. The molecule has 0 saturated heterocycles. The molecule has 0 spiro atoms. The molecule has 0 bridgehead atoms. The van der Waals surface area contributed by atoms with Crippen molar-refractivity contribution in [3.63, 3.8) is 0 Å². The lowest BCUT2D eigenvalue weighted by Gasteiger charge is -2.11. The van der Waals surface area contributed by atoms with Crippen molar-refractivity contribution in [2.24, 2.45) is 10.9 Å². The second kappa shape index (κ2) is 12.5. The highest BCUT2D eigenvalue weighted by Crippen LogP contribution is 2.09. The van der Waals surface area contributed by atoms with E-state index in [9.17, 15) is 0 Å². The van der Waals surface area contributed by atoms with Crippen molar-refractivity contribution in [3.05, 3.63) is 11.7 Å². The molecule has 6 nitrogen and oxygen atoms in total. The van der Waals surface area contributed by atoms with Crippen molar-refractivity contribution in [2.45, 2.75) is 59.3 Å². The van der Waals surface area contributed by atoms with Gasteiger partial charge in [-0.1, -0.05) is 45.7 Å². The molecule has 0 atom stereocenters. The number of halogens is 1. The number of hydrogen-bond acceptors (Lipinski definition) is 4. The summed E-state index contributed by atoms with van der Waals surface area (Å²) in [5.74, 6) is 3.34. The third-order valence-corrected chi connectivity index (χ3v) is 3.36. The predicted octanol–water partition coefficient (Wildman–Crippen LogP) is 3.34. The van der Waals surface area contributed by atoms with E-state index in [1.54, 1.807) is 7.05 Å². The van der Waals surface area contributed by atoms with Gasteiger partial charge in [-0.2, -0.15) is 4.98 Å². The summed E-state index contributed by atoms with van der Waals surface area (Å²) in [6.45, 7) is 10.3. The van der Waals surface area contributed by atoms with Gasteiger partial charge in [-0.25, -0.2) is 0 Å². The van der Waals surface area contributed by atoms with Crippen LogP contribution in [0.4, 0.5) is 0 Å². The van der Waals surface area contributed by atoms with Crippen LogP contribution in [0.15, 0.2) is 9.52 Å². The van der Waals surface area contributed by atoms with Crippen LogP contribution in [0.2, 0.25) is 0 Å². The second-order valence-corrected chi connectivity index (χ2v) is 6.27. The van der Waals surface area contributed by atoms with Gasteiger partial charge in [-0.05, 0) is 12.3 Å². The van der Waals surface area contributed by atoms with Gasteiger partial charge in [-0.3, -0.25) is 4.99 Å². The number of nitrogens with zero attached hydrogens (tertiary/aromatic N) is 3. The van der Waals surface area contributed by atoms with Crippen molar-refractivity contribution in [1.82, 2.24) is 20.8 Å². The highest BCUT2D eigenvalue weighted by molar-refractivity contribution is 14.0. The first kappa shape index (κ1) is 22.1. The molecular weight excluding hydrogens is 405 g/mol. The first-order valence-corrected chi connectivity index (χ1v) is 8.30. The van der Waals surface area contributed by atoms with Crippen LogP contribution in [-0.2, 0) is 6.42 Å². The molecule has 1 rings (SSSR count). The summed E-state index contributed by atoms with van der Waals surface area (Å²) in [5, 5.41) is 10.6.